The number of benzene rings is 1. The van der Waals surface area contributed by atoms with E-state index in [2.05, 4.69) is 52.5 Å². The van der Waals surface area contributed by atoms with E-state index >= 15 is 0 Å². The molecule has 3 N–H and O–H groups in total. The van der Waals surface area contributed by atoms with Crippen LogP contribution in [-0.4, -0.2) is 66.9 Å². The monoisotopic (exact) mass is 470 g/mol. The molecule has 0 radical (unpaired) electrons. The Morgan fingerprint density at radius 3 is 2.47 bits per heavy atom. The van der Waals surface area contributed by atoms with E-state index in [1.54, 1.807) is 7.05 Å². The lowest BCUT2D eigenvalue weighted by atomic mass is 9.69. The fraction of sp³-hybridized carbons (Fsp3) is 0.714. The largest absolute Gasteiger partial charge is 0.368 e. The van der Waals surface area contributed by atoms with E-state index < -0.39 is 17.4 Å². The summed E-state index contributed by atoms with van der Waals surface area (Å²) in [6.07, 6.45) is 11.0. The van der Waals surface area contributed by atoms with E-state index in [4.69, 9.17) is 5.73 Å². The predicted octanol–water partition coefficient (Wildman–Crippen LogP) is 3.59. The summed E-state index contributed by atoms with van der Waals surface area (Å²) >= 11 is 0. The molecule has 1 heterocycles. The number of nitrogens with zero attached hydrogens (tertiary/aromatic N) is 2. The van der Waals surface area contributed by atoms with Crippen molar-refractivity contribution in [3.63, 3.8) is 0 Å². The van der Waals surface area contributed by atoms with E-state index in [1.165, 1.54) is 18.4 Å². The quantitative estimate of drug-likeness (QED) is 0.458. The van der Waals surface area contributed by atoms with Crippen LogP contribution in [0.1, 0.15) is 70.3 Å². The van der Waals surface area contributed by atoms with Gasteiger partial charge in [-0.3, -0.25) is 9.59 Å². The Bertz CT molecular complexity index is 780. The second-order valence-corrected chi connectivity index (χ2v) is 10.7. The molecular weight excluding hydrogens is 424 g/mol. The van der Waals surface area contributed by atoms with E-state index in [1.807, 2.05) is 6.92 Å². The van der Waals surface area contributed by atoms with Crippen molar-refractivity contribution in [3.8, 4) is 0 Å². The maximum absolute atomic E-state index is 14.0. The Kier molecular flexibility index (Phi) is 9.96. The van der Waals surface area contributed by atoms with Crippen LogP contribution in [0, 0.1) is 11.8 Å². The van der Waals surface area contributed by atoms with Gasteiger partial charge in [-0.25, -0.2) is 0 Å². The van der Waals surface area contributed by atoms with E-state index in [0.717, 1.165) is 71.0 Å². The highest BCUT2D eigenvalue weighted by atomic mass is 16.2. The van der Waals surface area contributed by atoms with E-state index in [-0.39, 0.29) is 17.9 Å². The van der Waals surface area contributed by atoms with Gasteiger partial charge >= 0.3 is 0 Å². The standard InChI is InChI=1S/C28H46N4O2/c1-28(30-2,27(29)34)25(23-16-8-5-9-17-23)26(33)32-20-12-18-24(32)21-31(3)19-11-10-15-22-13-6-4-7-14-22/h4,6-7,13-14,23-25,30H,5,8-12,15-21H2,1-3H3,(H2,29,34)/t24-,25+,28?/m0/s1. The van der Waals surface area contributed by atoms with Crippen LogP contribution >= 0.6 is 0 Å². The van der Waals surface area contributed by atoms with Gasteiger partial charge in [0.1, 0.15) is 5.54 Å². The van der Waals surface area contributed by atoms with Crippen molar-refractivity contribution in [2.45, 2.75) is 82.7 Å². The number of nitrogens with one attached hydrogen (secondary N) is 1. The SMILES string of the molecule is CNC(C)(C(N)=O)[C@@H](C(=O)N1CCC[C@H]1CN(C)CCCCc1ccccc1)C1CCCCC1. The second kappa shape index (κ2) is 12.7. The molecule has 190 valence electrons. The first-order valence-electron chi connectivity index (χ1n) is 13.4. The maximum Gasteiger partial charge on any atom is 0.238 e. The van der Waals surface area contributed by atoms with Gasteiger partial charge in [0.15, 0.2) is 0 Å². The number of hydrogen-bond acceptors (Lipinski definition) is 4. The van der Waals surface area contributed by atoms with Crippen molar-refractivity contribution in [1.82, 2.24) is 15.1 Å². The fourth-order valence-corrected chi connectivity index (χ4v) is 6.12. The van der Waals surface area contributed by atoms with E-state index in [0.29, 0.717) is 0 Å². The van der Waals surface area contributed by atoms with Gasteiger partial charge in [0.05, 0.1) is 5.92 Å². The number of likely N-dealkylation sites (N-methyl/N-ethyl adjacent to an activating group) is 2. The highest BCUT2D eigenvalue weighted by molar-refractivity contribution is 5.93. The second-order valence-electron chi connectivity index (χ2n) is 10.7. The first-order chi connectivity index (χ1) is 16.4. The minimum Gasteiger partial charge on any atom is -0.368 e. The lowest BCUT2D eigenvalue weighted by Crippen LogP contribution is -2.63. The minimum atomic E-state index is -1.02. The summed E-state index contributed by atoms with van der Waals surface area (Å²) in [5.74, 6) is -0.483. The van der Waals surface area contributed by atoms with Gasteiger partial charge in [0.25, 0.3) is 0 Å². The zero-order valence-corrected chi connectivity index (χ0v) is 21.6. The van der Waals surface area contributed by atoms with Crippen LogP contribution < -0.4 is 11.1 Å². The van der Waals surface area contributed by atoms with Crippen LogP contribution in [0.4, 0.5) is 0 Å². The molecule has 6 heteroatoms. The third-order valence-electron chi connectivity index (χ3n) is 8.32. The molecule has 1 aromatic carbocycles. The topological polar surface area (TPSA) is 78.7 Å². The number of amides is 2. The average Bonchev–Trinajstić information content (AvgIpc) is 3.31. The summed E-state index contributed by atoms with van der Waals surface area (Å²) < 4.78 is 0. The summed E-state index contributed by atoms with van der Waals surface area (Å²) in [6.45, 7) is 4.54. The van der Waals surface area contributed by atoms with Crippen molar-refractivity contribution in [2.24, 2.45) is 17.6 Å². The molecule has 1 saturated carbocycles. The number of likely N-dealkylation sites (tertiary alicyclic amines) is 1. The minimum absolute atomic E-state index is 0.127. The molecule has 34 heavy (non-hydrogen) atoms. The summed E-state index contributed by atoms with van der Waals surface area (Å²) in [6, 6.07) is 10.9. The van der Waals surface area contributed by atoms with Crippen LogP contribution in [0.2, 0.25) is 0 Å². The number of primary amides is 1. The number of carbonyl (C=O) groups excluding carboxylic acids is 2. The fourth-order valence-electron chi connectivity index (χ4n) is 6.12. The van der Waals surface area contributed by atoms with Crippen LogP contribution in [0.3, 0.4) is 0 Å². The summed E-state index contributed by atoms with van der Waals surface area (Å²) in [7, 11) is 3.93. The zero-order valence-electron chi connectivity index (χ0n) is 21.6. The normalized spacial score (nSPS) is 22.0. The first-order valence-corrected chi connectivity index (χ1v) is 13.4. The number of rotatable bonds is 12. The molecule has 1 aliphatic carbocycles. The highest BCUT2D eigenvalue weighted by Crippen LogP contribution is 2.38. The Labute approximate surface area is 206 Å². The van der Waals surface area contributed by atoms with Crippen LogP contribution in [0.15, 0.2) is 30.3 Å². The number of nitrogens with two attached hydrogens (primary N) is 1. The van der Waals surface area contributed by atoms with Crippen molar-refractivity contribution in [1.29, 1.82) is 0 Å². The van der Waals surface area contributed by atoms with Gasteiger partial charge in [-0.2, -0.15) is 0 Å². The summed E-state index contributed by atoms with van der Waals surface area (Å²) in [5, 5.41) is 3.15. The molecule has 2 fully saturated rings. The molecule has 2 aliphatic rings. The molecule has 2 amide bonds. The molecule has 0 aromatic heterocycles. The Morgan fingerprint density at radius 1 is 1.12 bits per heavy atom. The molecule has 6 nitrogen and oxygen atoms in total. The van der Waals surface area contributed by atoms with E-state index in [9.17, 15) is 9.59 Å². The van der Waals surface area contributed by atoms with Crippen molar-refractivity contribution in [3.05, 3.63) is 35.9 Å². The molecule has 1 saturated heterocycles. The molecule has 3 rings (SSSR count). The van der Waals surface area contributed by atoms with Gasteiger partial charge < -0.3 is 20.9 Å². The average molecular weight is 471 g/mol. The Hall–Kier alpha value is -1.92. The third-order valence-corrected chi connectivity index (χ3v) is 8.32. The summed E-state index contributed by atoms with van der Waals surface area (Å²) in [5.41, 5.74) is 6.25. The summed E-state index contributed by atoms with van der Waals surface area (Å²) in [4.78, 5) is 31.0. The van der Waals surface area contributed by atoms with Crippen molar-refractivity contribution >= 4 is 11.8 Å². The lowest BCUT2D eigenvalue weighted by molar-refractivity contribution is -0.147. The van der Waals surface area contributed by atoms with Crippen molar-refractivity contribution in [2.75, 3.05) is 33.7 Å². The smallest absolute Gasteiger partial charge is 0.238 e. The zero-order chi connectivity index (χ0) is 24.6. The maximum atomic E-state index is 14.0. The number of unbranched alkanes of at least 4 members (excludes halogenated alkanes) is 1. The molecular formula is C28H46N4O2. The number of aryl methyl sites for hydroxylation is 1. The van der Waals surface area contributed by atoms with Gasteiger partial charge in [0.2, 0.25) is 11.8 Å². The lowest BCUT2D eigenvalue weighted by Gasteiger charge is -2.43. The molecule has 3 atom stereocenters. The van der Waals surface area contributed by atoms with Crippen LogP contribution in [0.25, 0.3) is 0 Å². The van der Waals surface area contributed by atoms with Crippen LogP contribution in [0.5, 0.6) is 0 Å². The van der Waals surface area contributed by atoms with Crippen LogP contribution in [-0.2, 0) is 16.0 Å². The molecule has 1 unspecified atom stereocenters. The predicted molar refractivity (Wildman–Crippen MR) is 138 cm³/mol. The van der Waals surface area contributed by atoms with Crippen molar-refractivity contribution < 1.29 is 9.59 Å². The number of carbonyl (C=O) groups is 2. The number of hydrogen-bond donors (Lipinski definition) is 2. The Balaban J connectivity index is 1.60. The third kappa shape index (κ3) is 6.60. The molecule has 0 bridgehead atoms. The van der Waals surface area contributed by atoms with Gasteiger partial charge in [-0.1, -0.05) is 49.6 Å². The van der Waals surface area contributed by atoms with Gasteiger partial charge in [0, 0.05) is 19.1 Å². The first kappa shape index (κ1) is 26.7. The molecule has 0 spiro atoms. The Morgan fingerprint density at radius 2 is 1.82 bits per heavy atom. The molecule has 1 aromatic rings. The highest BCUT2D eigenvalue weighted by Gasteiger charge is 2.49. The van der Waals surface area contributed by atoms with Gasteiger partial charge in [-0.15, -0.1) is 0 Å². The van der Waals surface area contributed by atoms with Gasteiger partial charge in [-0.05, 0) is 84.0 Å². The molecule has 1 aliphatic heterocycles.